The van der Waals surface area contributed by atoms with Crippen LogP contribution in [0.5, 0.6) is 0 Å². The quantitative estimate of drug-likeness (QED) is 0.722. The minimum Gasteiger partial charge on any atom is -0.465 e. The third-order valence-electron chi connectivity index (χ3n) is 4.87. The molecule has 0 saturated carbocycles. The van der Waals surface area contributed by atoms with Gasteiger partial charge in [-0.05, 0) is 39.8 Å². The van der Waals surface area contributed by atoms with Gasteiger partial charge < -0.3 is 10.4 Å². The number of nitrogens with one attached hydrogen (secondary N) is 1. The Bertz CT molecular complexity index is 870. The molecule has 0 heterocycles. The van der Waals surface area contributed by atoms with Crippen LogP contribution in [0.2, 0.25) is 0 Å². The number of rotatable bonds is 4. The Balaban J connectivity index is 1.59. The highest BCUT2D eigenvalue weighted by atomic mass is 16.4. The summed E-state index contributed by atoms with van der Waals surface area (Å²) in [6, 6.07) is 25.5. The maximum absolute atomic E-state index is 10.6. The molecule has 3 heteroatoms. The van der Waals surface area contributed by atoms with E-state index in [2.05, 4.69) is 66.0 Å². The second-order valence-electron chi connectivity index (χ2n) is 6.41. The fourth-order valence-corrected chi connectivity index (χ4v) is 3.69. The zero-order chi connectivity index (χ0) is 17.2. The molecule has 124 valence electrons. The summed E-state index contributed by atoms with van der Waals surface area (Å²) in [4.78, 5) is 10.6. The molecule has 0 radical (unpaired) electrons. The second kappa shape index (κ2) is 6.44. The lowest BCUT2D eigenvalue weighted by Crippen LogP contribution is -2.19. The molecule has 0 aliphatic heterocycles. The molecule has 3 aromatic rings. The van der Waals surface area contributed by atoms with Gasteiger partial charge in [0, 0.05) is 12.5 Å². The normalized spacial score (nSPS) is 12.5. The van der Waals surface area contributed by atoms with Crippen molar-refractivity contribution >= 4 is 6.09 Å². The van der Waals surface area contributed by atoms with Gasteiger partial charge in [-0.2, -0.15) is 0 Å². The highest BCUT2D eigenvalue weighted by Gasteiger charge is 2.27. The highest BCUT2D eigenvalue weighted by molar-refractivity contribution is 5.78. The predicted octanol–water partition coefficient (Wildman–Crippen LogP) is 4.81. The molecule has 0 atom stereocenters. The van der Waals surface area contributed by atoms with Crippen LogP contribution in [0.4, 0.5) is 4.79 Å². The van der Waals surface area contributed by atoms with E-state index in [0.717, 1.165) is 12.0 Å². The number of hydrogen-bond donors (Lipinski definition) is 2. The van der Waals surface area contributed by atoms with Gasteiger partial charge in [-0.1, -0.05) is 72.8 Å². The summed E-state index contributed by atoms with van der Waals surface area (Å²) in [6.07, 6.45) is -0.0519. The van der Waals surface area contributed by atoms with Crippen molar-refractivity contribution < 1.29 is 9.90 Å². The van der Waals surface area contributed by atoms with Crippen LogP contribution in [0.1, 0.15) is 28.2 Å². The van der Waals surface area contributed by atoms with E-state index in [1.807, 2.05) is 12.1 Å². The van der Waals surface area contributed by atoms with Crippen LogP contribution in [0.15, 0.2) is 72.8 Å². The molecule has 0 bridgehead atoms. The molecule has 1 amide bonds. The van der Waals surface area contributed by atoms with E-state index in [9.17, 15) is 4.79 Å². The molecule has 1 aliphatic carbocycles. The van der Waals surface area contributed by atoms with Crippen LogP contribution in [0.25, 0.3) is 11.1 Å². The zero-order valence-electron chi connectivity index (χ0n) is 13.8. The Kier molecular flexibility index (Phi) is 3.98. The van der Waals surface area contributed by atoms with Gasteiger partial charge in [-0.3, -0.25) is 0 Å². The maximum atomic E-state index is 10.6. The van der Waals surface area contributed by atoms with E-state index in [-0.39, 0.29) is 0 Å². The van der Waals surface area contributed by atoms with Crippen LogP contribution >= 0.6 is 0 Å². The summed E-state index contributed by atoms with van der Waals surface area (Å²) in [7, 11) is 0. The molecule has 2 N–H and O–H groups in total. The molecule has 1 aliphatic rings. The molecular weight excluding hydrogens is 310 g/mol. The fourth-order valence-electron chi connectivity index (χ4n) is 3.69. The van der Waals surface area contributed by atoms with Crippen molar-refractivity contribution in [1.29, 1.82) is 0 Å². The molecule has 4 rings (SSSR count). The smallest absolute Gasteiger partial charge is 0.404 e. The Hall–Kier alpha value is -3.07. The Morgan fingerprint density at radius 3 is 1.88 bits per heavy atom. The first-order chi connectivity index (χ1) is 12.2. The van der Waals surface area contributed by atoms with Gasteiger partial charge in [-0.25, -0.2) is 4.79 Å². The number of amides is 1. The van der Waals surface area contributed by atoms with E-state index in [0.29, 0.717) is 12.5 Å². The first kappa shape index (κ1) is 15.5. The lowest BCUT2D eigenvalue weighted by molar-refractivity contribution is 0.194. The number of fused-ring (bicyclic) bond motifs is 3. The summed E-state index contributed by atoms with van der Waals surface area (Å²) >= 11 is 0. The van der Waals surface area contributed by atoms with Crippen molar-refractivity contribution in [2.75, 3.05) is 0 Å². The average molecular weight is 329 g/mol. The Morgan fingerprint density at radius 2 is 1.32 bits per heavy atom. The average Bonchev–Trinajstić information content (AvgIpc) is 2.96. The largest absolute Gasteiger partial charge is 0.465 e. The van der Waals surface area contributed by atoms with Crippen molar-refractivity contribution in [3.05, 3.63) is 95.1 Å². The van der Waals surface area contributed by atoms with E-state index < -0.39 is 6.09 Å². The van der Waals surface area contributed by atoms with Crippen molar-refractivity contribution in [3.63, 3.8) is 0 Å². The van der Waals surface area contributed by atoms with Gasteiger partial charge >= 0.3 is 6.09 Å². The van der Waals surface area contributed by atoms with Gasteiger partial charge in [-0.15, -0.1) is 0 Å². The van der Waals surface area contributed by atoms with Crippen molar-refractivity contribution in [2.45, 2.75) is 18.9 Å². The third-order valence-corrected chi connectivity index (χ3v) is 4.87. The highest BCUT2D eigenvalue weighted by Crippen LogP contribution is 2.45. The summed E-state index contributed by atoms with van der Waals surface area (Å²) < 4.78 is 0. The lowest BCUT2D eigenvalue weighted by atomic mass is 9.90. The summed E-state index contributed by atoms with van der Waals surface area (Å²) in [5, 5.41) is 11.1. The molecule has 0 unspecified atom stereocenters. The van der Waals surface area contributed by atoms with Crippen molar-refractivity contribution in [2.24, 2.45) is 0 Å². The van der Waals surface area contributed by atoms with Gasteiger partial charge in [0.05, 0.1) is 0 Å². The Labute approximate surface area is 147 Å². The predicted molar refractivity (Wildman–Crippen MR) is 98.7 cm³/mol. The minimum absolute atomic E-state index is 0.338. The van der Waals surface area contributed by atoms with Gasteiger partial charge in [0.2, 0.25) is 0 Å². The first-order valence-corrected chi connectivity index (χ1v) is 8.45. The molecule has 25 heavy (non-hydrogen) atoms. The van der Waals surface area contributed by atoms with Crippen molar-refractivity contribution in [3.8, 4) is 11.1 Å². The van der Waals surface area contributed by atoms with Crippen LogP contribution in [0, 0.1) is 0 Å². The molecule has 0 aromatic heterocycles. The zero-order valence-corrected chi connectivity index (χ0v) is 13.8. The number of carboxylic acid groups (broad SMARTS) is 1. The van der Waals surface area contributed by atoms with E-state index in [1.54, 1.807) is 0 Å². The van der Waals surface area contributed by atoms with Crippen LogP contribution in [-0.4, -0.2) is 11.2 Å². The third kappa shape index (κ3) is 3.01. The van der Waals surface area contributed by atoms with Gasteiger partial charge in [0.1, 0.15) is 0 Å². The fraction of sp³-hybridized carbons (Fsp3) is 0.136. The maximum Gasteiger partial charge on any atom is 0.404 e. The molecular formula is C22H19NO2. The summed E-state index contributed by atoms with van der Waals surface area (Å²) in [6.45, 7) is 0.338. The van der Waals surface area contributed by atoms with Gasteiger partial charge in [0.15, 0.2) is 0 Å². The monoisotopic (exact) mass is 329 g/mol. The first-order valence-electron chi connectivity index (χ1n) is 8.45. The van der Waals surface area contributed by atoms with E-state index >= 15 is 0 Å². The summed E-state index contributed by atoms with van der Waals surface area (Å²) in [5.74, 6) is 0.371. The topological polar surface area (TPSA) is 49.3 Å². The SMILES string of the molecule is O=C(O)NCc1ccc(CC2c3ccccc3-c3ccccc32)cc1. The molecule has 0 spiro atoms. The molecule has 0 fully saturated rings. The lowest BCUT2D eigenvalue weighted by Gasteiger charge is -2.14. The van der Waals surface area contributed by atoms with Gasteiger partial charge in [0.25, 0.3) is 0 Å². The second-order valence-corrected chi connectivity index (χ2v) is 6.41. The number of carbonyl (C=O) groups is 1. The van der Waals surface area contributed by atoms with Crippen LogP contribution < -0.4 is 5.32 Å². The summed E-state index contributed by atoms with van der Waals surface area (Å²) in [5.41, 5.74) is 7.69. The van der Waals surface area contributed by atoms with E-state index in [4.69, 9.17) is 5.11 Å². The van der Waals surface area contributed by atoms with Crippen LogP contribution in [-0.2, 0) is 13.0 Å². The van der Waals surface area contributed by atoms with E-state index in [1.165, 1.54) is 27.8 Å². The number of hydrogen-bond acceptors (Lipinski definition) is 1. The molecule has 3 nitrogen and oxygen atoms in total. The number of benzene rings is 3. The molecule has 3 aromatic carbocycles. The minimum atomic E-state index is -0.997. The standard InChI is InChI=1S/C22H19NO2/c24-22(25)23-14-16-11-9-15(10-12-16)13-21-19-7-3-1-5-17(19)18-6-2-4-8-20(18)21/h1-12,21,23H,13-14H2,(H,24,25). The van der Waals surface area contributed by atoms with Crippen LogP contribution in [0.3, 0.4) is 0 Å². The molecule has 0 saturated heterocycles. The van der Waals surface area contributed by atoms with Crippen molar-refractivity contribution in [1.82, 2.24) is 5.32 Å². The Morgan fingerprint density at radius 1 is 0.800 bits per heavy atom.